The van der Waals surface area contributed by atoms with Crippen molar-refractivity contribution in [1.29, 1.82) is 0 Å². The standard InChI is InChI=1S/C18H19ClFNO2/c1-21(17(10-11-22)13-6-3-2-4-7-13)18(23)12-14-15(19)8-5-9-16(14)20/h2-9,17,22H,10-12H2,1H3. The van der Waals surface area contributed by atoms with Gasteiger partial charge in [0.1, 0.15) is 5.82 Å². The molecule has 0 aliphatic rings. The molecule has 2 aromatic carbocycles. The van der Waals surface area contributed by atoms with E-state index < -0.39 is 5.82 Å². The van der Waals surface area contributed by atoms with Crippen molar-refractivity contribution in [3.8, 4) is 0 Å². The maximum atomic E-state index is 13.9. The van der Waals surface area contributed by atoms with Gasteiger partial charge in [-0.15, -0.1) is 0 Å². The predicted octanol–water partition coefficient (Wildman–Crippen LogP) is 3.60. The fourth-order valence-electron chi connectivity index (χ4n) is 2.53. The van der Waals surface area contributed by atoms with Gasteiger partial charge < -0.3 is 10.0 Å². The third-order valence-corrected chi connectivity index (χ3v) is 4.19. The summed E-state index contributed by atoms with van der Waals surface area (Å²) in [6.07, 6.45) is 0.300. The molecule has 0 fully saturated rings. The van der Waals surface area contributed by atoms with Gasteiger partial charge in [-0.3, -0.25) is 4.79 Å². The van der Waals surface area contributed by atoms with Gasteiger partial charge in [0.2, 0.25) is 5.91 Å². The second-order valence-corrected chi connectivity index (χ2v) is 5.73. The summed E-state index contributed by atoms with van der Waals surface area (Å²) in [6, 6.07) is 13.6. The first-order chi connectivity index (χ1) is 11.0. The molecule has 122 valence electrons. The van der Waals surface area contributed by atoms with E-state index in [2.05, 4.69) is 0 Å². The van der Waals surface area contributed by atoms with Gasteiger partial charge in [-0.2, -0.15) is 0 Å². The monoisotopic (exact) mass is 335 g/mol. The molecule has 0 saturated heterocycles. The number of likely N-dealkylation sites (N-methyl/N-ethyl adjacent to an activating group) is 1. The summed E-state index contributed by atoms with van der Waals surface area (Å²) in [4.78, 5) is 14.1. The highest BCUT2D eigenvalue weighted by Crippen LogP contribution is 2.25. The van der Waals surface area contributed by atoms with Gasteiger partial charge in [0, 0.05) is 24.2 Å². The third kappa shape index (κ3) is 4.30. The van der Waals surface area contributed by atoms with Crippen molar-refractivity contribution < 1.29 is 14.3 Å². The van der Waals surface area contributed by atoms with E-state index in [1.807, 2.05) is 30.3 Å². The smallest absolute Gasteiger partial charge is 0.227 e. The van der Waals surface area contributed by atoms with Crippen LogP contribution in [-0.4, -0.2) is 29.6 Å². The summed E-state index contributed by atoms with van der Waals surface area (Å²) in [7, 11) is 1.66. The molecule has 0 spiro atoms. The Morgan fingerprint density at radius 1 is 1.22 bits per heavy atom. The number of aliphatic hydroxyl groups excluding tert-OH is 1. The minimum absolute atomic E-state index is 0.0440. The van der Waals surface area contributed by atoms with Crippen molar-refractivity contribution >= 4 is 17.5 Å². The van der Waals surface area contributed by atoms with Crippen molar-refractivity contribution in [2.75, 3.05) is 13.7 Å². The molecule has 0 radical (unpaired) electrons. The van der Waals surface area contributed by atoms with Crippen molar-refractivity contribution in [3.63, 3.8) is 0 Å². The molecule has 1 unspecified atom stereocenters. The average molecular weight is 336 g/mol. The van der Waals surface area contributed by atoms with Crippen LogP contribution < -0.4 is 0 Å². The van der Waals surface area contributed by atoms with Gasteiger partial charge in [-0.25, -0.2) is 4.39 Å². The van der Waals surface area contributed by atoms with Crippen LogP contribution in [0.5, 0.6) is 0 Å². The summed E-state index contributed by atoms with van der Waals surface area (Å²) < 4.78 is 13.9. The zero-order valence-corrected chi connectivity index (χ0v) is 13.6. The molecule has 1 atom stereocenters. The highest BCUT2D eigenvalue weighted by Gasteiger charge is 2.23. The van der Waals surface area contributed by atoms with Crippen LogP contribution in [-0.2, 0) is 11.2 Å². The van der Waals surface area contributed by atoms with Gasteiger partial charge in [0.05, 0.1) is 12.5 Å². The number of benzene rings is 2. The van der Waals surface area contributed by atoms with E-state index in [1.54, 1.807) is 13.1 Å². The maximum Gasteiger partial charge on any atom is 0.227 e. The molecule has 3 nitrogen and oxygen atoms in total. The zero-order chi connectivity index (χ0) is 16.8. The van der Waals surface area contributed by atoms with Crippen LogP contribution in [0.4, 0.5) is 4.39 Å². The van der Waals surface area contributed by atoms with Crippen LogP contribution in [0.1, 0.15) is 23.6 Å². The molecule has 0 heterocycles. The number of carbonyl (C=O) groups excluding carboxylic acids is 1. The van der Waals surface area contributed by atoms with Crippen molar-refractivity contribution in [2.45, 2.75) is 18.9 Å². The lowest BCUT2D eigenvalue weighted by Gasteiger charge is -2.28. The second-order valence-electron chi connectivity index (χ2n) is 5.32. The molecule has 1 N–H and O–H groups in total. The van der Waals surface area contributed by atoms with Gasteiger partial charge >= 0.3 is 0 Å². The number of hydrogen-bond donors (Lipinski definition) is 1. The van der Waals surface area contributed by atoms with Crippen molar-refractivity contribution in [2.24, 2.45) is 0 Å². The first-order valence-electron chi connectivity index (χ1n) is 7.39. The quantitative estimate of drug-likeness (QED) is 0.876. The van der Waals surface area contributed by atoms with E-state index in [4.69, 9.17) is 11.6 Å². The fourth-order valence-corrected chi connectivity index (χ4v) is 2.76. The van der Waals surface area contributed by atoms with Gasteiger partial charge in [-0.05, 0) is 24.1 Å². The van der Waals surface area contributed by atoms with E-state index in [9.17, 15) is 14.3 Å². The van der Waals surface area contributed by atoms with Crippen LogP contribution in [0.25, 0.3) is 0 Å². The van der Waals surface area contributed by atoms with Crippen molar-refractivity contribution in [1.82, 2.24) is 4.90 Å². The number of hydrogen-bond acceptors (Lipinski definition) is 2. The number of rotatable bonds is 6. The first-order valence-corrected chi connectivity index (χ1v) is 7.76. The summed E-state index contributed by atoms with van der Waals surface area (Å²) in [6.45, 7) is -0.0440. The molecule has 1 amide bonds. The van der Waals surface area contributed by atoms with E-state index in [0.717, 1.165) is 5.56 Å². The van der Waals surface area contributed by atoms with E-state index in [1.165, 1.54) is 17.0 Å². The first kappa shape index (κ1) is 17.4. The lowest BCUT2D eigenvalue weighted by atomic mass is 10.0. The Kier molecular flexibility index (Phi) is 6.13. The molecule has 23 heavy (non-hydrogen) atoms. The molecular weight excluding hydrogens is 317 g/mol. The highest BCUT2D eigenvalue weighted by molar-refractivity contribution is 6.31. The molecule has 0 saturated carbocycles. The van der Waals surface area contributed by atoms with Gasteiger partial charge in [0.15, 0.2) is 0 Å². The van der Waals surface area contributed by atoms with Gasteiger partial charge in [0.25, 0.3) is 0 Å². The van der Waals surface area contributed by atoms with Crippen LogP contribution in [0.3, 0.4) is 0 Å². The molecule has 5 heteroatoms. The largest absolute Gasteiger partial charge is 0.396 e. The molecule has 2 aromatic rings. The van der Waals surface area contributed by atoms with Crippen LogP contribution >= 0.6 is 11.6 Å². The highest BCUT2D eigenvalue weighted by atomic mass is 35.5. The van der Waals surface area contributed by atoms with Crippen molar-refractivity contribution in [3.05, 3.63) is 70.5 Å². The van der Waals surface area contributed by atoms with E-state index in [0.29, 0.717) is 6.42 Å². The number of halogens is 2. The van der Waals surface area contributed by atoms with Crippen LogP contribution in [0.15, 0.2) is 48.5 Å². The SMILES string of the molecule is CN(C(=O)Cc1c(F)cccc1Cl)C(CCO)c1ccccc1. The molecule has 0 bridgehead atoms. The number of aliphatic hydroxyl groups is 1. The lowest BCUT2D eigenvalue weighted by Crippen LogP contribution is -2.33. The molecule has 0 aliphatic heterocycles. The van der Waals surface area contributed by atoms with Gasteiger partial charge in [-0.1, -0.05) is 48.0 Å². The molecule has 0 aliphatic carbocycles. The summed E-state index contributed by atoms with van der Waals surface area (Å²) in [5, 5.41) is 9.53. The van der Waals surface area contributed by atoms with Crippen LogP contribution in [0, 0.1) is 5.82 Å². The molecule has 2 rings (SSSR count). The topological polar surface area (TPSA) is 40.5 Å². The maximum absolute atomic E-state index is 13.9. The Morgan fingerprint density at radius 3 is 2.52 bits per heavy atom. The molecular formula is C18H19ClFNO2. The Bertz CT molecular complexity index is 643. The van der Waals surface area contributed by atoms with E-state index >= 15 is 0 Å². The lowest BCUT2D eigenvalue weighted by molar-refractivity contribution is -0.131. The normalized spacial score (nSPS) is 12.0. The Morgan fingerprint density at radius 2 is 1.91 bits per heavy atom. The summed E-state index contributed by atoms with van der Waals surface area (Å²) >= 11 is 5.99. The summed E-state index contributed by atoms with van der Waals surface area (Å²) in [5.74, 6) is -0.739. The van der Waals surface area contributed by atoms with Crippen LogP contribution in [0.2, 0.25) is 5.02 Å². The fraction of sp³-hybridized carbons (Fsp3) is 0.278. The number of amides is 1. The third-order valence-electron chi connectivity index (χ3n) is 3.84. The Hall–Kier alpha value is -1.91. The zero-order valence-electron chi connectivity index (χ0n) is 12.9. The second kappa shape index (κ2) is 8.09. The Labute approximate surface area is 140 Å². The summed E-state index contributed by atoms with van der Waals surface area (Å²) in [5.41, 5.74) is 1.12. The predicted molar refractivity (Wildman–Crippen MR) is 88.8 cm³/mol. The van der Waals surface area contributed by atoms with E-state index in [-0.39, 0.29) is 35.6 Å². The Balaban J connectivity index is 2.19. The number of nitrogens with zero attached hydrogens (tertiary/aromatic N) is 1. The minimum Gasteiger partial charge on any atom is -0.396 e. The molecule has 0 aromatic heterocycles. The number of carbonyl (C=O) groups is 1. The minimum atomic E-state index is -0.488. The average Bonchev–Trinajstić information content (AvgIpc) is 2.56.